The average molecular weight is 278 g/mol. The van der Waals surface area contributed by atoms with E-state index < -0.39 is 10.0 Å². The van der Waals surface area contributed by atoms with Crippen LogP contribution in [-0.4, -0.2) is 44.5 Å². The van der Waals surface area contributed by atoms with Gasteiger partial charge < -0.3 is 5.32 Å². The van der Waals surface area contributed by atoms with Crippen LogP contribution in [0.4, 0.5) is 0 Å². The number of carbonyl (C=O) groups excluding carboxylic acids is 1. The van der Waals surface area contributed by atoms with Gasteiger partial charge in [0.1, 0.15) is 0 Å². The van der Waals surface area contributed by atoms with E-state index in [0.717, 1.165) is 25.7 Å². The zero-order valence-corrected chi connectivity index (χ0v) is 12.6. The molecule has 0 radical (unpaired) electrons. The second-order valence-electron chi connectivity index (χ2n) is 4.47. The highest BCUT2D eigenvalue weighted by Crippen LogP contribution is 2.03. The van der Waals surface area contributed by atoms with Gasteiger partial charge in [-0.1, -0.05) is 26.7 Å². The van der Waals surface area contributed by atoms with Crippen molar-refractivity contribution in [3.63, 3.8) is 0 Å². The van der Waals surface area contributed by atoms with Crippen LogP contribution in [-0.2, 0) is 14.8 Å². The number of carbonyl (C=O) groups is 1. The average Bonchev–Trinajstić information content (AvgIpc) is 2.27. The lowest BCUT2D eigenvalue weighted by atomic mass is 10.3. The monoisotopic (exact) mass is 278 g/mol. The van der Waals surface area contributed by atoms with Crippen molar-refractivity contribution < 1.29 is 13.2 Å². The highest BCUT2D eigenvalue weighted by Gasteiger charge is 2.16. The number of sulfonamides is 1. The minimum Gasteiger partial charge on any atom is -0.356 e. The molecule has 0 aromatic carbocycles. The van der Waals surface area contributed by atoms with Crippen LogP contribution in [0.3, 0.4) is 0 Å². The van der Waals surface area contributed by atoms with Crippen molar-refractivity contribution in [3.05, 3.63) is 0 Å². The fourth-order valence-corrected chi connectivity index (χ4v) is 2.38. The lowest BCUT2D eigenvalue weighted by Gasteiger charge is -2.19. The Balaban J connectivity index is 4.06. The second kappa shape index (κ2) is 9.33. The molecule has 0 aliphatic heterocycles. The van der Waals surface area contributed by atoms with Gasteiger partial charge in [0.05, 0.1) is 6.26 Å². The standard InChI is InChI=1S/C12H26N2O3S/c1-4-6-9-13-12(15)8-11-14(10-7-5-2)18(3,16)17/h4-11H2,1-3H3,(H,13,15). The van der Waals surface area contributed by atoms with Gasteiger partial charge in [0.2, 0.25) is 15.9 Å². The van der Waals surface area contributed by atoms with Crippen LogP contribution < -0.4 is 5.32 Å². The van der Waals surface area contributed by atoms with Crippen molar-refractivity contribution in [3.8, 4) is 0 Å². The molecule has 0 saturated heterocycles. The lowest BCUT2D eigenvalue weighted by molar-refractivity contribution is -0.121. The molecule has 0 unspecified atom stereocenters. The molecular formula is C12H26N2O3S. The molecule has 0 aromatic rings. The van der Waals surface area contributed by atoms with E-state index >= 15 is 0 Å². The van der Waals surface area contributed by atoms with Gasteiger partial charge >= 0.3 is 0 Å². The fourth-order valence-electron chi connectivity index (χ4n) is 1.50. The molecule has 0 spiro atoms. The Bertz CT molecular complexity index is 328. The van der Waals surface area contributed by atoms with Crippen LogP contribution in [0.15, 0.2) is 0 Å². The van der Waals surface area contributed by atoms with Gasteiger partial charge in [0, 0.05) is 26.1 Å². The number of hydrogen-bond acceptors (Lipinski definition) is 3. The lowest BCUT2D eigenvalue weighted by Crippen LogP contribution is -2.35. The summed E-state index contributed by atoms with van der Waals surface area (Å²) in [5, 5.41) is 2.79. The highest BCUT2D eigenvalue weighted by atomic mass is 32.2. The van der Waals surface area contributed by atoms with Gasteiger partial charge in [0.25, 0.3) is 0 Å². The predicted molar refractivity (Wildman–Crippen MR) is 73.9 cm³/mol. The summed E-state index contributed by atoms with van der Waals surface area (Å²) in [5.41, 5.74) is 0. The third-order valence-corrected chi connectivity index (χ3v) is 3.97. The molecule has 0 saturated carbocycles. The fraction of sp³-hybridized carbons (Fsp3) is 0.917. The normalized spacial score (nSPS) is 11.8. The van der Waals surface area contributed by atoms with Gasteiger partial charge in [-0.15, -0.1) is 0 Å². The number of unbranched alkanes of at least 4 members (excludes halogenated alkanes) is 2. The molecule has 1 N–H and O–H groups in total. The number of nitrogens with zero attached hydrogens (tertiary/aromatic N) is 1. The van der Waals surface area contributed by atoms with Crippen molar-refractivity contribution in [2.45, 2.75) is 46.0 Å². The number of hydrogen-bond donors (Lipinski definition) is 1. The van der Waals surface area contributed by atoms with E-state index in [2.05, 4.69) is 12.2 Å². The third kappa shape index (κ3) is 8.47. The Morgan fingerprint density at radius 3 is 2.22 bits per heavy atom. The predicted octanol–water partition coefficient (Wildman–Crippen LogP) is 1.35. The molecule has 0 aliphatic carbocycles. The number of rotatable bonds is 10. The van der Waals surface area contributed by atoms with Crippen LogP contribution in [0, 0.1) is 0 Å². The van der Waals surface area contributed by atoms with E-state index in [1.54, 1.807) is 0 Å². The molecular weight excluding hydrogens is 252 g/mol. The molecule has 0 rings (SSSR count). The molecule has 0 heterocycles. The van der Waals surface area contributed by atoms with Crippen molar-refractivity contribution in [2.24, 2.45) is 0 Å². The number of nitrogens with one attached hydrogen (secondary N) is 1. The highest BCUT2D eigenvalue weighted by molar-refractivity contribution is 7.88. The molecule has 0 fully saturated rings. The van der Waals surface area contributed by atoms with Crippen molar-refractivity contribution in [1.82, 2.24) is 9.62 Å². The third-order valence-electron chi connectivity index (χ3n) is 2.67. The maximum Gasteiger partial charge on any atom is 0.221 e. The molecule has 0 aliphatic rings. The molecule has 0 atom stereocenters. The SMILES string of the molecule is CCCCNC(=O)CCN(CCCC)S(C)(=O)=O. The summed E-state index contributed by atoms with van der Waals surface area (Å²) in [6, 6.07) is 0. The molecule has 0 aromatic heterocycles. The van der Waals surface area contributed by atoms with E-state index in [1.165, 1.54) is 10.6 Å². The zero-order valence-electron chi connectivity index (χ0n) is 11.7. The minimum atomic E-state index is -3.20. The van der Waals surface area contributed by atoms with Crippen LogP contribution in [0.25, 0.3) is 0 Å². The summed E-state index contributed by atoms with van der Waals surface area (Å²) < 4.78 is 24.4. The first kappa shape index (κ1) is 17.4. The summed E-state index contributed by atoms with van der Waals surface area (Å²) in [5.74, 6) is -0.0754. The summed E-state index contributed by atoms with van der Waals surface area (Å²) >= 11 is 0. The summed E-state index contributed by atoms with van der Waals surface area (Å²) in [4.78, 5) is 11.5. The molecule has 0 bridgehead atoms. The first-order chi connectivity index (χ1) is 8.41. The summed E-state index contributed by atoms with van der Waals surface area (Å²) in [6.07, 6.45) is 5.18. The van der Waals surface area contributed by atoms with Crippen molar-refractivity contribution in [1.29, 1.82) is 0 Å². The first-order valence-electron chi connectivity index (χ1n) is 6.63. The Morgan fingerprint density at radius 1 is 1.11 bits per heavy atom. The first-order valence-corrected chi connectivity index (χ1v) is 8.48. The zero-order chi connectivity index (χ0) is 14.0. The van der Waals surface area contributed by atoms with Crippen LogP contribution in [0.5, 0.6) is 0 Å². The summed E-state index contributed by atoms with van der Waals surface area (Å²) in [7, 11) is -3.20. The molecule has 5 nitrogen and oxygen atoms in total. The van der Waals surface area contributed by atoms with Crippen LogP contribution in [0.1, 0.15) is 46.0 Å². The van der Waals surface area contributed by atoms with E-state index in [-0.39, 0.29) is 18.9 Å². The quantitative estimate of drug-likeness (QED) is 0.613. The van der Waals surface area contributed by atoms with Gasteiger partial charge in [-0.25, -0.2) is 12.7 Å². The van der Waals surface area contributed by atoms with Crippen LogP contribution in [0.2, 0.25) is 0 Å². The minimum absolute atomic E-state index is 0.0754. The topological polar surface area (TPSA) is 66.5 Å². The Kier molecular flexibility index (Phi) is 9.01. The van der Waals surface area contributed by atoms with E-state index in [0.29, 0.717) is 13.1 Å². The van der Waals surface area contributed by atoms with Gasteiger partial charge in [-0.3, -0.25) is 4.79 Å². The molecule has 6 heteroatoms. The van der Waals surface area contributed by atoms with E-state index in [4.69, 9.17) is 0 Å². The molecule has 1 amide bonds. The van der Waals surface area contributed by atoms with Gasteiger partial charge in [-0.05, 0) is 12.8 Å². The Morgan fingerprint density at radius 2 is 1.72 bits per heavy atom. The smallest absolute Gasteiger partial charge is 0.221 e. The number of amides is 1. The molecule has 18 heavy (non-hydrogen) atoms. The largest absolute Gasteiger partial charge is 0.356 e. The maximum atomic E-state index is 11.5. The summed E-state index contributed by atoms with van der Waals surface area (Å²) in [6.45, 7) is 5.51. The Labute approximate surface area is 111 Å². The molecule has 108 valence electrons. The van der Waals surface area contributed by atoms with Gasteiger partial charge in [-0.2, -0.15) is 0 Å². The maximum absolute atomic E-state index is 11.5. The van der Waals surface area contributed by atoms with E-state index in [1.807, 2.05) is 6.92 Å². The van der Waals surface area contributed by atoms with Crippen molar-refractivity contribution >= 4 is 15.9 Å². The van der Waals surface area contributed by atoms with E-state index in [9.17, 15) is 13.2 Å². The second-order valence-corrected chi connectivity index (χ2v) is 6.45. The van der Waals surface area contributed by atoms with Crippen LogP contribution >= 0.6 is 0 Å². The Hall–Kier alpha value is -0.620. The van der Waals surface area contributed by atoms with Gasteiger partial charge in [0.15, 0.2) is 0 Å². The van der Waals surface area contributed by atoms with Crippen molar-refractivity contribution in [2.75, 3.05) is 25.9 Å².